The van der Waals surface area contributed by atoms with Crippen molar-refractivity contribution in [1.29, 1.82) is 0 Å². The number of nitrogens with zero attached hydrogens (tertiary/aromatic N) is 3. The summed E-state index contributed by atoms with van der Waals surface area (Å²) in [7, 11) is 0. The SMILES string of the molecule is c1cnn(-c2ccc(NC3CCNCC3)cc2)n1. The van der Waals surface area contributed by atoms with E-state index in [-0.39, 0.29) is 0 Å². The summed E-state index contributed by atoms with van der Waals surface area (Å²) in [6, 6.07) is 8.81. The molecule has 1 aromatic heterocycles. The Morgan fingerprint density at radius 1 is 1.06 bits per heavy atom. The van der Waals surface area contributed by atoms with E-state index in [0.717, 1.165) is 24.5 Å². The molecule has 0 atom stereocenters. The van der Waals surface area contributed by atoms with Gasteiger partial charge < -0.3 is 10.6 Å². The molecule has 0 bridgehead atoms. The Morgan fingerprint density at radius 2 is 1.72 bits per heavy atom. The zero-order valence-corrected chi connectivity index (χ0v) is 10.2. The molecule has 0 saturated carbocycles. The van der Waals surface area contributed by atoms with Crippen molar-refractivity contribution >= 4 is 5.69 Å². The third-order valence-corrected chi connectivity index (χ3v) is 3.23. The van der Waals surface area contributed by atoms with Gasteiger partial charge in [-0.15, -0.1) is 0 Å². The molecule has 3 rings (SSSR count). The quantitative estimate of drug-likeness (QED) is 0.856. The molecular formula is C13H17N5. The number of hydrogen-bond acceptors (Lipinski definition) is 4. The van der Waals surface area contributed by atoms with Crippen molar-refractivity contribution in [3.8, 4) is 5.69 Å². The first-order valence-corrected chi connectivity index (χ1v) is 6.36. The van der Waals surface area contributed by atoms with E-state index in [4.69, 9.17) is 0 Å². The van der Waals surface area contributed by atoms with E-state index in [9.17, 15) is 0 Å². The number of nitrogens with one attached hydrogen (secondary N) is 2. The van der Waals surface area contributed by atoms with E-state index in [1.54, 1.807) is 17.2 Å². The van der Waals surface area contributed by atoms with Gasteiger partial charge in [0.15, 0.2) is 0 Å². The molecule has 2 heterocycles. The van der Waals surface area contributed by atoms with Crippen LogP contribution in [0.5, 0.6) is 0 Å². The van der Waals surface area contributed by atoms with Crippen molar-refractivity contribution in [3.63, 3.8) is 0 Å². The van der Waals surface area contributed by atoms with Crippen LogP contribution in [0.4, 0.5) is 5.69 Å². The second-order valence-corrected chi connectivity index (χ2v) is 4.53. The molecule has 0 unspecified atom stereocenters. The standard InChI is InChI=1S/C13H17N5/c1-3-13(18-15-9-10-16-18)4-2-11(1)17-12-5-7-14-8-6-12/h1-4,9-10,12,14,17H,5-8H2. The number of benzene rings is 1. The van der Waals surface area contributed by atoms with Crippen LogP contribution in [0.2, 0.25) is 0 Å². The molecule has 0 amide bonds. The lowest BCUT2D eigenvalue weighted by atomic mass is 10.1. The first kappa shape index (κ1) is 11.2. The Balaban J connectivity index is 1.67. The van der Waals surface area contributed by atoms with Gasteiger partial charge in [0.05, 0.1) is 18.1 Å². The summed E-state index contributed by atoms with van der Waals surface area (Å²) in [5, 5.41) is 15.1. The summed E-state index contributed by atoms with van der Waals surface area (Å²) in [4.78, 5) is 1.62. The minimum Gasteiger partial charge on any atom is -0.382 e. The van der Waals surface area contributed by atoms with Crippen molar-refractivity contribution in [1.82, 2.24) is 20.3 Å². The lowest BCUT2D eigenvalue weighted by Crippen LogP contribution is -2.35. The van der Waals surface area contributed by atoms with Gasteiger partial charge in [0.25, 0.3) is 0 Å². The molecule has 2 N–H and O–H groups in total. The van der Waals surface area contributed by atoms with Crippen LogP contribution < -0.4 is 10.6 Å². The van der Waals surface area contributed by atoms with Crippen molar-refractivity contribution in [2.24, 2.45) is 0 Å². The topological polar surface area (TPSA) is 54.8 Å². The molecule has 1 aromatic carbocycles. The molecule has 2 aromatic rings. The van der Waals surface area contributed by atoms with Crippen molar-refractivity contribution in [2.45, 2.75) is 18.9 Å². The lowest BCUT2D eigenvalue weighted by Gasteiger charge is -2.24. The van der Waals surface area contributed by atoms with Gasteiger partial charge in [-0.3, -0.25) is 0 Å². The summed E-state index contributed by atoms with van der Waals surface area (Å²) in [5.74, 6) is 0. The smallest absolute Gasteiger partial charge is 0.0858 e. The van der Waals surface area contributed by atoms with Crippen molar-refractivity contribution < 1.29 is 0 Å². The van der Waals surface area contributed by atoms with Crippen LogP contribution in [0.15, 0.2) is 36.7 Å². The molecule has 1 fully saturated rings. The molecular weight excluding hydrogens is 226 g/mol. The van der Waals surface area contributed by atoms with Crippen LogP contribution in [-0.4, -0.2) is 34.1 Å². The highest BCUT2D eigenvalue weighted by molar-refractivity contribution is 5.48. The highest BCUT2D eigenvalue weighted by Gasteiger charge is 2.12. The second-order valence-electron chi connectivity index (χ2n) is 4.53. The maximum atomic E-state index is 4.11. The molecule has 5 nitrogen and oxygen atoms in total. The Hall–Kier alpha value is -1.88. The first-order valence-electron chi connectivity index (χ1n) is 6.36. The summed E-state index contributed by atoms with van der Waals surface area (Å²) in [5.41, 5.74) is 2.15. The van der Waals surface area contributed by atoms with Gasteiger partial charge in [0, 0.05) is 11.7 Å². The molecule has 94 valence electrons. The van der Waals surface area contributed by atoms with Gasteiger partial charge in [-0.25, -0.2) is 0 Å². The van der Waals surface area contributed by atoms with E-state index < -0.39 is 0 Å². The van der Waals surface area contributed by atoms with Gasteiger partial charge in [-0.05, 0) is 50.2 Å². The minimum absolute atomic E-state index is 0.583. The average molecular weight is 243 g/mol. The highest BCUT2D eigenvalue weighted by atomic mass is 15.5. The first-order chi connectivity index (χ1) is 8.92. The van der Waals surface area contributed by atoms with Gasteiger partial charge in [0.1, 0.15) is 0 Å². The Morgan fingerprint density at radius 3 is 2.39 bits per heavy atom. The van der Waals surface area contributed by atoms with Crippen LogP contribution in [0.25, 0.3) is 5.69 Å². The second kappa shape index (κ2) is 5.18. The van der Waals surface area contributed by atoms with E-state index in [1.165, 1.54) is 12.8 Å². The molecule has 0 aliphatic carbocycles. The van der Waals surface area contributed by atoms with Crippen LogP contribution in [0.3, 0.4) is 0 Å². The number of hydrogen-bond donors (Lipinski definition) is 2. The Labute approximate surface area is 106 Å². The summed E-state index contributed by atoms with van der Waals surface area (Å²) < 4.78 is 0. The summed E-state index contributed by atoms with van der Waals surface area (Å²) in [6.45, 7) is 2.21. The number of rotatable bonds is 3. The monoisotopic (exact) mass is 243 g/mol. The fraction of sp³-hybridized carbons (Fsp3) is 0.385. The third kappa shape index (κ3) is 2.51. The highest BCUT2D eigenvalue weighted by Crippen LogP contribution is 2.15. The minimum atomic E-state index is 0.583. The number of piperidine rings is 1. The predicted octanol–water partition coefficient (Wildman–Crippen LogP) is 1.43. The van der Waals surface area contributed by atoms with Crippen LogP contribution >= 0.6 is 0 Å². The van der Waals surface area contributed by atoms with Crippen LogP contribution in [0, 0.1) is 0 Å². The summed E-state index contributed by atoms with van der Waals surface area (Å²) in [6.07, 6.45) is 5.73. The van der Waals surface area contributed by atoms with E-state index in [0.29, 0.717) is 6.04 Å². The zero-order chi connectivity index (χ0) is 12.2. The molecule has 1 saturated heterocycles. The molecule has 18 heavy (non-hydrogen) atoms. The maximum absolute atomic E-state index is 4.11. The fourth-order valence-electron chi connectivity index (χ4n) is 2.24. The average Bonchev–Trinajstić information content (AvgIpc) is 2.95. The van der Waals surface area contributed by atoms with Crippen molar-refractivity contribution in [2.75, 3.05) is 18.4 Å². The predicted molar refractivity (Wildman–Crippen MR) is 70.9 cm³/mol. The van der Waals surface area contributed by atoms with E-state index in [1.807, 2.05) is 12.1 Å². The maximum Gasteiger partial charge on any atom is 0.0858 e. The van der Waals surface area contributed by atoms with E-state index in [2.05, 4.69) is 33.0 Å². The van der Waals surface area contributed by atoms with Gasteiger partial charge >= 0.3 is 0 Å². The van der Waals surface area contributed by atoms with Gasteiger partial charge in [0.2, 0.25) is 0 Å². The molecule has 1 aliphatic rings. The van der Waals surface area contributed by atoms with Crippen molar-refractivity contribution in [3.05, 3.63) is 36.7 Å². The molecule has 1 aliphatic heterocycles. The number of anilines is 1. The fourth-order valence-corrected chi connectivity index (χ4v) is 2.24. The van der Waals surface area contributed by atoms with E-state index >= 15 is 0 Å². The van der Waals surface area contributed by atoms with Crippen LogP contribution in [0.1, 0.15) is 12.8 Å². The normalized spacial score (nSPS) is 16.7. The molecule has 5 heteroatoms. The largest absolute Gasteiger partial charge is 0.382 e. The van der Waals surface area contributed by atoms with Crippen LogP contribution in [-0.2, 0) is 0 Å². The Kier molecular flexibility index (Phi) is 3.23. The third-order valence-electron chi connectivity index (χ3n) is 3.23. The molecule has 0 spiro atoms. The lowest BCUT2D eigenvalue weighted by molar-refractivity contribution is 0.479. The molecule has 0 radical (unpaired) electrons. The van der Waals surface area contributed by atoms with Gasteiger partial charge in [-0.1, -0.05) is 0 Å². The summed E-state index contributed by atoms with van der Waals surface area (Å²) >= 11 is 0. The number of aromatic nitrogens is 3. The zero-order valence-electron chi connectivity index (χ0n) is 10.2. The Bertz CT molecular complexity index is 471. The van der Waals surface area contributed by atoms with Gasteiger partial charge in [-0.2, -0.15) is 15.0 Å².